The van der Waals surface area contributed by atoms with Crippen LogP contribution in [0.4, 0.5) is 0 Å². The number of nitrogens with zero attached hydrogens (tertiary/aromatic N) is 2. The van der Waals surface area contributed by atoms with Gasteiger partial charge < -0.3 is 4.52 Å². The first-order valence-corrected chi connectivity index (χ1v) is 3.23. The zero-order valence-electron chi connectivity index (χ0n) is 4.67. The number of hydrogen-bond donors (Lipinski definition) is 0. The van der Waals surface area contributed by atoms with Crippen LogP contribution >= 0.6 is 11.6 Å². The molecule has 4 heteroatoms. The highest BCUT2D eigenvalue weighted by atomic mass is 35.5. The Balaban J connectivity index is 2.28. The first-order chi connectivity index (χ1) is 4.36. The van der Waals surface area contributed by atoms with Gasteiger partial charge in [0, 0.05) is 5.92 Å². The fraction of sp³-hybridized carbons (Fsp3) is 0.600. The van der Waals surface area contributed by atoms with E-state index in [1.165, 1.54) is 12.8 Å². The summed E-state index contributed by atoms with van der Waals surface area (Å²) in [6.45, 7) is 0. The van der Waals surface area contributed by atoms with Crippen LogP contribution in [0.5, 0.6) is 0 Å². The maximum atomic E-state index is 5.39. The number of hydrogen-bond acceptors (Lipinski definition) is 3. The van der Waals surface area contributed by atoms with E-state index in [-0.39, 0.29) is 5.35 Å². The Morgan fingerprint density at radius 2 is 2.33 bits per heavy atom. The molecule has 1 heterocycles. The van der Waals surface area contributed by atoms with Gasteiger partial charge in [-0.3, -0.25) is 0 Å². The van der Waals surface area contributed by atoms with Crippen molar-refractivity contribution in [1.29, 1.82) is 0 Å². The van der Waals surface area contributed by atoms with Crippen LogP contribution in [-0.4, -0.2) is 10.1 Å². The molecule has 1 aromatic rings. The van der Waals surface area contributed by atoms with Gasteiger partial charge in [-0.2, -0.15) is 4.98 Å². The summed E-state index contributed by atoms with van der Waals surface area (Å²) in [6, 6.07) is 0. The van der Waals surface area contributed by atoms with Gasteiger partial charge in [0.2, 0.25) is 0 Å². The van der Waals surface area contributed by atoms with Crippen LogP contribution in [0.3, 0.4) is 0 Å². The van der Waals surface area contributed by atoms with Crippen molar-refractivity contribution in [3.8, 4) is 0 Å². The van der Waals surface area contributed by atoms with Crippen LogP contribution < -0.4 is 0 Å². The lowest BCUT2D eigenvalue weighted by molar-refractivity contribution is 0.412. The Kier molecular flexibility index (Phi) is 0.990. The van der Waals surface area contributed by atoms with Gasteiger partial charge >= 0.3 is 5.35 Å². The summed E-state index contributed by atoms with van der Waals surface area (Å²) < 4.78 is 4.57. The van der Waals surface area contributed by atoms with Crippen LogP contribution in [0.25, 0.3) is 0 Å². The molecule has 9 heavy (non-hydrogen) atoms. The molecule has 0 amide bonds. The standard InChI is InChI=1S/C5H5ClN2O/c6-5-7-4(8-9-5)3-1-2-3/h3H,1-2H2. The van der Waals surface area contributed by atoms with Crippen molar-refractivity contribution < 1.29 is 4.52 Å². The molecule has 3 nitrogen and oxygen atoms in total. The molecular formula is C5H5ClN2O. The molecular weight excluding hydrogens is 140 g/mol. The normalized spacial score (nSPS) is 18.3. The lowest BCUT2D eigenvalue weighted by Crippen LogP contribution is -1.79. The topological polar surface area (TPSA) is 38.9 Å². The Bertz CT molecular complexity index is 218. The molecule has 1 saturated carbocycles. The monoisotopic (exact) mass is 144 g/mol. The lowest BCUT2D eigenvalue weighted by Gasteiger charge is -1.76. The van der Waals surface area contributed by atoms with Crippen molar-refractivity contribution in [2.75, 3.05) is 0 Å². The second kappa shape index (κ2) is 1.70. The van der Waals surface area contributed by atoms with E-state index in [9.17, 15) is 0 Å². The van der Waals surface area contributed by atoms with E-state index < -0.39 is 0 Å². The Morgan fingerprint density at radius 3 is 2.78 bits per heavy atom. The van der Waals surface area contributed by atoms with E-state index in [4.69, 9.17) is 11.6 Å². The predicted molar refractivity (Wildman–Crippen MR) is 31.3 cm³/mol. The fourth-order valence-corrected chi connectivity index (χ4v) is 0.844. The highest BCUT2D eigenvalue weighted by Crippen LogP contribution is 2.38. The van der Waals surface area contributed by atoms with E-state index in [0.29, 0.717) is 5.92 Å². The summed E-state index contributed by atoms with van der Waals surface area (Å²) >= 11 is 5.39. The molecule has 0 radical (unpaired) electrons. The summed E-state index contributed by atoms with van der Waals surface area (Å²) in [6.07, 6.45) is 2.35. The average Bonchev–Trinajstić information content (AvgIpc) is 2.58. The molecule has 1 aromatic heterocycles. The van der Waals surface area contributed by atoms with Crippen LogP contribution in [0.15, 0.2) is 4.52 Å². The van der Waals surface area contributed by atoms with Gasteiger partial charge in [-0.05, 0) is 24.4 Å². The SMILES string of the molecule is Clc1nc(C2CC2)no1. The molecule has 0 aliphatic heterocycles. The van der Waals surface area contributed by atoms with Crippen LogP contribution in [0, 0.1) is 0 Å². The molecule has 0 unspecified atom stereocenters. The minimum atomic E-state index is 0.150. The van der Waals surface area contributed by atoms with Gasteiger partial charge in [0.25, 0.3) is 0 Å². The van der Waals surface area contributed by atoms with Crippen molar-refractivity contribution in [3.63, 3.8) is 0 Å². The minimum absolute atomic E-state index is 0.150. The van der Waals surface area contributed by atoms with Gasteiger partial charge in [0.1, 0.15) is 0 Å². The molecule has 0 spiro atoms. The van der Waals surface area contributed by atoms with Gasteiger partial charge in [-0.25, -0.2) is 0 Å². The first-order valence-electron chi connectivity index (χ1n) is 2.85. The summed E-state index contributed by atoms with van der Waals surface area (Å²) in [4.78, 5) is 3.86. The summed E-state index contributed by atoms with van der Waals surface area (Å²) in [5, 5.41) is 3.81. The van der Waals surface area contributed by atoms with Gasteiger partial charge in [-0.1, -0.05) is 5.16 Å². The first kappa shape index (κ1) is 5.23. The molecule has 0 atom stereocenters. The molecule has 1 aliphatic carbocycles. The quantitative estimate of drug-likeness (QED) is 0.601. The van der Waals surface area contributed by atoms with E-state index in [1.54, 1.807) is 0 Å². The van der Waals surface area contributed by atoms with Gasteiger partial charge in [-0.15, -0.1) is 0 Å². The van der Waals surface area contributed by atoms with E-state index in [1.807, 2.05) is 0 Å². The van der Waals surface area contributed by atoms with E-state index in [0.717, 1.165) is 5.82 Å². The Labute approximate surface area is 57.0 Å². The summed E-state index contributed by atoms with van der Waals surface area (Å²) in [7, 11) is 0. The summed E-state index contributed by atoms with van der Waals surface area (Å²) in [5.41, 5.74) is 0. The zero-order valence-corrected chi connectivity index (χ0v) is 5.43. The molecule has 1 fully saturated rings. The van der Waals surface area contributed by atoms with E-state index in [2.05, 4.69) is 14.7 Å². The molecule has 48 valence electrons. The van der Waals surface area contributed by atoms with Crippen LogP contribution in [0.1, 0.15) is 24.6 Å². The maximum absolute atomic E-state index is 5.39. The second-order valence-corrected chi connectivity index (χ2v) is 2.50. The minimum Gasteiger partial charge on any atom is -0.321 e. The second-order valence-electron chi connectivity index (χ2n) is 2.18. The van der Waals surface area contributed by atoms with Crippen molar-refractivity contribution in [2.45, 2.75) is 18.8 Å². The predicted octanol–water partition coefficient (Wildman–Crippen LogP) is 1.60. The molecule has 2 rings (SSSR count). The third-order valence-electron chi connectivity index (χ3n) is 1.36. The Hall–Kier alpha value is -0.570. The third kappa shape index (κ3) is 0.920. The average molecular weight is 145 g/mol. The summed E-state index contributed by atoms with van der Waals surface area (Å²) in [5.74, 6) is 1.29. The van der Waals surface area contributed by atoms with E-state index >= 15 is 0 Å². The number of rotatable bonds is 1. The van der Waals surface area contributed by atoms with Crippen molar-refractivity contribution in [2.24, 2.45) is 0 Å². The highest BCUT2D eigenvalue weighted by molar-refractivity contribution is 6.27. The maximum Gasteiger partial charge on any atom is 0.320 e. The van der Waals surface area contributed by atoms with Crippen LogP contribution in [-0.2, 0) is 0 Å². The lowest BCUT2D eigenvalue weighted by atomic mass is 10.4. The smallest absolute Gasteiger partial charge is 0.320 e. The molecule has 0 bridgehead atoms. The zero-order chi connectivity index (χ0) is 6.27. The Morgan fingerprint density at radius 1 is 1.56 bits per heavy atom. The fourth-order valence-electron chi connectivity index (χ4n) is 0.723. The number of halogens is 1. The molecule has 0 N–H and O–H groups in total. The van der Waals surface area contributed by atoms with Crippen molar-refractivity contribution in [3.05, 3.63) is 11.2 Å². The largest absolute Gasteiger partial charge is 0.321 e. The molecule has 0 saturated heterocycles. The number of aromatic nitrogens is 2. The molecule has 0 aromatic carbocycles. The van der Waals surface area contributed by atoms with Gasteiger partial charge in [0.05, 0.1) is 0 Å². The van der Waals surface area contributed by atoms with Crippen LogP contribution in [0.2, 0.25) is 5.35 Å². The highest BCUT2D eigenvalue weighted by Gasteiger charge is 2.28. The third-order valence-corrected chi connectivity index (χ3v) is 1.51. The molecule has 1 aliphatic rings. The van der Waals surface area contributed by atoms with Gasteiger partial charge in [0.15, 0.2) is 5.82 Å². The van der Waals surface area contributed by atoms with Crippen molar-refractivity contribution in [1.82, 2.24) is 10.1 Å². The van der Waals surface area contributed by atoms with Crippen molar-refractivity contribution >= 4 is 11.6 Å².